The summed E-state index contributed by atoms with van der Waals surface area (Å²) in [4.78, 5) is 10.4. The molecule has 0 bridgehead atoms. The third-order valence-electron chi connectivity index (χ3n) is 2.22. The van der Waals surface area contributed by atoms with Crippen molar-refractivity contribution in [3.8, 4) is 0 Å². The molecule has 1 heterocycles. The van der Waals surface area contributed by atoms with Crippen LogP contribution in [0.5, 0.6) is 0 Å². The molecule has 1 aliphatic heterocycles. The van der Waals surface area contributed by atoms with Gasteiger partial charge in [0.05, 0.1) is 12.1 Å². The van der Waals surface area contributed by atoms with Crippen molar-refractivity contribution in [1.29, 1.82) is 0 Å². The Morgan fingerprint density at radius 2 is 2.21 bits per heavy atom. The maximum absolute atomic E-state index is 11.9. The van der Waals surface area contributed by atoms with E-state index in [1.165, 1.54) is 6.07 Å². The van der Waals surface area contributed by atoms with Crippen LogP contribution in [0.25, 0.3) is 0 Å². The summed E-state index contributed by atoms with van der Waals surface area (Å²) in [5.41, 5.74) is 0.386. The van der Waals surface area contributed by atoms with Gasteiger partial charge in [-0.25, -0.2) is 0 Å². The minimum atomic E-state index is -3.79. The van der Waals surface area contributed by atoms with Gasteiger partial charge in [-0.05, 0) is 18.2 Å². The molecule has 0 fully saturated rings. The molecule has 2 rings (SSSR count). The Kier molecular flexibility index (Phi) is 4.02. The second-order valence-electron chi connectivity index (χ2n) is 3.63. The molecule has 0 saturated heterocycles. The van der Waals surface area contributed by atoms with E-state index in [4.69, 9.17) is 16.7 Å². The first kappa shape index (κ1) is 14.2. The summed E-state index contributed by atoms with van der Waals surface area (Å²) in [7, 11) is -3.79. The van der Waals surface area contributed by atoms with E-state index in [1.54, 1.807) is 12.1 Å². The number of carboxylic acid groups (broad SMARTS) is 1. The second-order valence-corrected chi connectivity index (χ2v) is 6.72. The lowest BCUT2D eigenvalue weighted by atomic mass is 10.3. The fourth-order valence-corrected chi connectivity index (χ4v) is 3.84. The van der Waals surface area contributed by atoms with Gasteiger partial charge in [0, 0.05) is 10.8 Å². The highest BCUT2D eigenvalue weighted by atomic mass is 35.5. The quantitative estimate of drug-likeness (QED) is 0.884. The fraction of sp³-hybridized carbons (Fsp3) is 0.200. The van der Waals surface area contributed by atoms with Crippen LogP contribution >= 0.6 is 23.4 Å². The van der Waals surface area contributed by atoms with Crippen molar-refractivity contribution in [2.24, 2.45) is 4.40 Å². The zero-order valence-corrected chi connectivity index (χ0v) is 11.8. The van der Waals surface area contributed by atoms with Gasteiger partial charge in [-0.15, -0.1) is 4.40 Å². The summed E-state index contributed by atoms with van der Waals surface area (Å²) in [6.07, 6.45) is -0.0705. The molecule has 6 nitrogen and oxygen atoms in total. The van der Waals surface area contributed by atoms with Crippen molar-refractivity contribution in [3.63, 3.8) is 0 Å². The molecule has 0 saturated carbocycles. The number of fused-ring (bicyclic) bond motifs is 1. The number of thioether (sulfide) groups is 1. The van der Waals surface area contributed by atoms with Crippen molar-refractivity contribution in [2.75, 3.05) is 11.1 Å². The molecule has 1 aromatic rings. The van der Waals surface area contributed by atoms with Gasteiger partial charge >= 0.3 is 5.97 Å². The predicted octanol–water partition coefficient (Wildman–Crippen LogP) is 2.02. The van der Waals surface area contributed by atoms with E-state index in [-0.39, 0.29) is 22.2 Å². The predicted molar refractivity (Wildman–Crippen MR) is 74.4 cm³/mol. The van der Waals surface area contributed by atoms with Crippen LogP contribution in [-0.2, 0) is 14.8 Å². The normalized spacial score (nSPS) is 16.2. The number of nitrogens with one attached hydrogen (secondary N) is 1. The van der Waals surface area contributed by atoms with Gasteiger partial charge in [0.15, 0.2) is 5.17 Å². The second kappa shape index (κ2) is 5.40. The van der Waals surface area contributed by atoms with Gasteiger partial charge in [-0.3, -0.25) is 4.79 Å². The summed E-state index contributed by atoms with van der Waals surface area (Å²) in [5, 5.41) is 11.8. The number of anilines is 1. The standard InChI is InChI=1S/C10H9ClN2O4S2/c11-6-1-2-7-8(5-6)19(16,17)13-10(12-7)18-4-3-9(14)15/h1-2,5H,3-4H2,(H,12,13)(H,14,15). The Morgan fingerprint density at radius 3 is 2.89 bits per heavy atom. The lowest BCUT2D eigenvalue weighted by Gasteiger charge is -2.17. The first-order valence-corrected chi connectivity index (χ1v) is 7.95. The summed E-state index contributed by atoms with van der Waals surface area (Å²) < 4.78 is 27.4. The zero-order valence-electron chi connectivity index (χ0n) is 9.46. The van der Waals surface area contributed by atoms with Crippen LogP contribution in [0.4, 0.5) is 5.69 Å². The molecule has 102 valence electrons. The molecule has 9 heteroatoms. The van der Waals surface area contributed by atoms with Crippen molar-refractivity contribution in [1.82, 2.24) is 0 Å². The van der Waals surface area contributed by atoms with E-state index in [0.29, 0.717) is 10.7 Å². The summed E-state index contributed by atoms with van der Waals surface area (Å²) >= 11 is 6.79. The fourth-order valence-electron chi connectivity index (χ4n) is 1.41. The van der Waals surface area contributed by atoms with Gasteiger partial charge in [0.2, 0.25) is 0 Å². The van der Waals surface area contributed by atoms with Gasteiger partial charge in [-0.2, -0.15) is 8.42 Å². The molecule has 1 aliphatic rings. The molecule has 2 N–H and O–H groups in total. The molecule has 19 heavy (non-hydrogen) atoms. The van der Waals surface area contributed by atoms with Crippen LogP contribution in [0.3, 0.4) is 0 Å². The van der Waals surface area contributed by atoms with Crippen molar-refractivity contribution >= 4 is 50.2 Å². The molecule has 0 spiro atoms. The molecule has 1 aromatic carbocycles. The lowest BCUT2D eigenvalue weighted by molar-refractivity contribution is -0.136. The number of amidine groups is 1. The van der Waals surface area contributed by atoms with Crippen LogP contribution in [-0.4, -0.2) is 30.4 Å². The number of benzene rings is 1. The number of nitrogens with zero attached hydrogens (tertiary/aromatic N) is 1. The van der Waals surface area contributed by atoms with Crippen LogP contribution in [0.1, 0.15) is 6.42 Å². The number of hydrogen-bond acceptors (Lipinski definition) is 5. The molecule has 0 radical (unpaired) electrons. The number of halogens is 1. The Hall–Kier alpha value is -1.25. The lowest BCUT2D eigenvalue weighted by Crippen LogP contribution is -2.19. The van der Waals surface area contributed by atoms with E-state index in [0.717, 1.165) is 11.8 Å². The average Bonchev–Trinajstić information content (AvgIpc) is 2.29. The topological polar surface area (TPSA) is 95.8 Å². The van der Waals surface area contributed by atoms with Crippen LogP contribution in [0.2, 0.25) is 5.02 Å². The van der Waals surface area contributed by atoms with Crippen LogP contribution in [0, 0.1) is 0 Å². The maximum Gasteiger partial charge on any atom is 0.304 e. The SMILES string of the molecule is O=C(O)CCSC1=NS(=O)(=O)c2cc(Cl)ccc2N1. The monoisotopic (exact) mass is 320 g/mol. The highest BCUT2D eigenvalue weighted by Gasteiger charge is 2.25. The number of carboxylic acids is 1. The van der Waals surface area contributed by atoms with Gasteiger partial charge in [-0.1, -0.05) is 23.4 Å². The first-order valence-electron chi connectivity index (χ1n) is 5.14. The number of aliphatic carboxylic acids is 1. The molecular weight excluding hydrogens is 312 g/mol. The minimum Gasteiger partial charge on any atom is -0.481 e. The number of carbonyl (C=O) groups is 1. The molecule has 0 unspecified atom stereocenters. The molecule has 0 aromatic heterocycles. The average molecular weight is 321 g/mol. The van der Waals surface area contributed by atoms with E-state index in [1.807, 2.05) is 0 Å². The summed E-state index contributed by atoms with van der Waals surface area (Å²) in [6, 6.07) is 4.43. The van der Waals surface area contributed by atoms with Gasteiger partial charge in [0.25, 0.3) is 10.0 Å². The molecular formula is C10H9ClN2O4S2. The van der Waals surface area contributed by atoms with E-state index in [9.17, 15) is 13.2 Å². The first-order chi connectivity index (χ1) is 8.88. The molecule has 0 atom stereocenters. The number of rotatable bonds is 3. The number of hydrogen-bond donors (Lipinski definition) is 2. The van der Waals surface area contributed by atoms with Crippen LogP contribution < -0.4 is 5.32 Å². The zero-order chi connectivity index (χ0) is 14.0. The highest BCUT2D eigenvalue weighted by molar-refractivity contribution is 8.14. The highest BCUT2D eigenvalue weighted by Crippen LogP contribution is 2.31. The Bertz CT molecular complexity index is 657. The van der Waals surface area contributed by atoms with E-state index >= 15 is 0 Å². The molecule has 0 amide bonds. The smallest absolute Gasteiger partial charge is 0.304 e. The van der Waals surface area contributed by atoms with E-state index in [2.05, 4.69) is 9.71 Å². The third kappa shape index (κ3) is 3.40. The Morgan fingerprint density at radius 1 is 1.47 bits per heavy atom. The number of sulfonamides is 1. The molecule has 0 aliphatic carbocycles. The van der Waals surface area contributed by atoms with Gasteiger partial charge in [0.1, 0.15) is 4.90 Å². The Labute approximate surface area is 118 Å². The minimum absolute atomic E-state index is 0.0163. The largest absolute Gasteiger partial charge is 0.481 e. The van der Waals surface area contributed by atoms with Crippen molar-refractivity contribution in [3.05, 3.63) is 23.2 Å². The van der Waals surface area contributed by atoms with Crippen molar-refractivity contribution in [2.45, 2.75) is 11.3 Å². The van der Waals surface area contributed by atoms with Gasteiger partial charge < -0.3 is 10.4 Å². The van der Waals surface area contributed by atoms with E-state index < -0.39 is 16.0 Å². The maximum atomic E-state index is 11.9. The van der Waals surface area contributed by atoms with Crippen LogP contribution in [0.15, 0.2) is 27.5 Å². The van der Waals surface area contributed by atoms with Crippen molar-refractivity contribution < 1.29 is 18.3 Å². The summed E-state index contributed by atoms with van der Waals surface area (Å²) in [5.74, 6) is -0.710. The third-order valence-corrected chi connectivity index (χ3v) is 4.76. The summed E-state index contributed by atoms with van der Waals surface area (Å²) in [6.45, 7) is 0. The Balaban J connectivity index is 2.22.